The molecule has 0 N–H and O–H groups in total. The Bertz CT molecular complexity index is 635. The number of methoxy groups -OCH3 is 1. The summed E-state index contributed by atoms with van der Waals surface area (Å²) >= 11 is 0. The highest BCUT2D eigenvalue weighted by Crippen LogP contribution is 2.37. The first-order valence-corrected chi connectivity index (χ1v) is 9.76. The first kappa shape index (κ1) is 20.5. The second-order valence-electron chi connectivity index (χ2n) is 8.19. The number of likely N-dealkylation sites (N-methyl/N-ethyl adjacent to an activating group) is 1. The van der Waals surface area contributed by atoms with Crippen LogP contribution in [0.15, 0.2) is 18.2 Å². The Labute approximate surface area is 163 Å². The van der Waals surface area contributed by atoms with Gasteiger partial charge in [-0.2, -0.15) is 0 Å². The molecule has 0 amide bonds. The fraction of sp³-hybridized carbons (Fsp3) is 0.700. The van der Waals surface area contributed by atoms with E-state index in [4.69, 9.17) is 23.5 Å². The minimum atomic E-state index is -0.500. The lowest BCUT2D eigenvalue weighted by atomic mass is 9.78. The van der Waals surface area contributed by atoms with Crippen molar-refractivity contribution in [3.63, 3.8) is 0 Å². The molecule has 0 aliphatic carbocycles. The Morgan fingerprint density at radius 2 is 1.89 bits per heavy atom. The number of ether oxygens (including phenoxy) is 3. The van der Waals surface area contributed by atoms with E-state index >= 15 is 0 Å². The molecule has 2 heterocycles. The molecule has 2 fully saturated rings. The van der Waals surface area contributed by atoms with Crippen molar-refractivity contribution >= 4 is 12.6 Å². The van der Waals surface area contributed by atoms with Gasteiger partial charge in [-0.05, 0) is 52.4 Å². The minimum absolute atomic E-state index is 0.0620. The van der Waals surface area contributed by atoms with E-state index in [1.54, 1.807) is 7.11 Å². The third-order valence-corrected chi connectivity index (χ3v) is 5.82. The number of nitrogens with zero attached hydrogens (tertiary/aromatic N) is 1. The Hall–Kier alpha value is -1.28. The summed E-state index contributed by atoms with van der Waals surface area (Å²) in [5.74, 6) is 1.49. The van der Waals surface area contributed by atoms with Crippen LogP contribution < -0.4 is 14.9 Å². The van der Waals surface area contributed by atoms with Crippen LogP contribution in [0.25, 0.3) is 0 Å². The first-order valence-electron chi connectivity index (χ1n) is 9.76. The van der Waals surface area contributed by atoms with Gasteiger partial charge in [0.2, 0.25) is 0 Å². The van der Waals surface area contributed by atoms with Crippen molar-refractivity contribution in [2.45, 2.75) is 51.9 Å². The second kappa shape index (κ2) is 7.99. The Morgan fingerprint density at radius 1 is 1.19 bits per heavy atom. The topological polar surface area (TPSA) is 49.4 Å². The predicted molar refractivity (Wildman–Crippen MR) is 106 cm³/mol. The third-order valence-electron chi connectivity index (χ3n) is 5.82. The summed E-state index contributed by atoms with van der Waals surface area (Å²) in [6, 6.07) is 5.74. The van der Waals surface area contributed by atoms with E-state index in [-0.39, 0.29) is 6.10 Å². The second-order valence-corrected chi connectivity index (χ2v) is 8.19. The molecule has 1 atom stereocenters. The molecule has 27 heavy (non-hydrogen) atoms. The van der Waals surface area contributed by atoms with Crippen LogP contribution in [0, 0.1) is 0 Å². The maximum atomic E-state index is 6.22. The third kappa shape index (κ3) is 4.42. The summed E-state index contributed by atoms with van der Waals surface area (Å²) < 4.78 is 29.8. The lowest BCUT2D eigenvalue weighted by molar-refractivity contribution is -0.0462. The molecule has 3 rings (SSSR count). The Morgan fingerprint density at radius 3 is 2.52 bits per heavy atom. The van der Waals surface area contributed by atoms with Crippen molar-refractivity contribution < 1.29 is 23.5 Å². The number of rotatable bonds is 6. The zero-order valence-corrected chi connectivity index (χ0v) is 17.4. The van der Waals surface area contributed by atoms with Crippen molar-refractivity contribution in [2.24, 2.45) is 0 Å². The SMILES string of the molecule is CCN1CCOC(COc2ccc(OC)cc2B2OC(C)(C)C(C)(C)O2)C1. The van der Waals surface area contributed by atoms with Gasteiger partial charge in [0.25, 0.3) is 0 Å². The van der Waals surface area contributed by atoms with E-state index in [1.807, 2.05) is 45.9 Å². The lowest BCUT2D eigenvalue weighted by Crippen LogP contribution is -2.45. The van der Waals surface area contributed by atoms with Gasteiger partial charge < -0.3 is 23.5 Å². The van der Waals surface area contributed by atoms with E-state index in [0.717, 1.165) is 43.2 Å². The molecule has 1 aromatic rings. The normalized spacial score (nSPS) is 24.8. The summed E-state index contributed by atoms with van der Waals surface area (Å²) in [6.07, 6.45) is 0.0620. The molecule has 2 aliphatic rings. The molecule has 1 unspecified atom stereocenters. The molecule has 0 radical (unpaired) electrons. The van der Waals surface area contributed by atoms with Gasteiger partial charge in [0.1, 0.15) is 24.2 Å². The van der Waals surface area contributed by atoms with Gasteiger partial charge in [-0.15, -0.1) is 0 Å². The first-order chi connectivity index (χ1) is 12.8. The lowest BCUT2D eigenvalue weighted by Gasteiger charge is -2.32. The Kier molecular flexibility index (Phi) is 6.06. The quantitative estimate of drug-likeness (QED) is 0.708. The fourth-order valence-electron chi connectivity index (χ4n) is 3.29. The van der Waals surface area contributed by atoms with Gasteiger partial charge in [-0.1, -0.05) is 6.92 Å². The predicted octanol–water partition coefficient (Wildman–Crippen LogP) is 2.09. The van der Waals surface area contributed by atoms with Crippen LogP contribution in [0.1, 0.15) is 34.6 Å². The molecule has 0 saturated carbocycles. The van der Waals surface area contributed by atoms with E-state index in [0.29, 0.717) is 6.61 Å². The molecule has 150 valence electrons. The average molecular weight is 377 g/mol. The molecule has 2 aliphatic heterocycles. The smallest absolute Gasteiger partial charge is 0.497 e. The molecule has 1 aromatic carbocycles. The molecular formula is C20H32BNO5. The number of hydrogen-bond donors (Lipinski definition) is 0. The monoisotopic (exact) mass is 377 g/mol. The van der Waals surface area contributed by atoms with Crippen LogP contribution in [0.4, 0.5) is 0 Å². The van der Waals surface area contributed by atoms with Gasteiger partial charge in [0, 0.05) is 18.6 Å². The number of benzene rings is 1. The van der Waals surface area contributed by atoms with Crippen LogP contribution in [0.2, 0.25) is 0 Å². The zero-order chi connectivity index (χ0) is 19.7. The number of morpholine rings is 1. The molecule has 0 bridgehead atoms. The standard InChI is InChI=1S/C20H32BNO5/c1-7-22-10-11-24-16(13-22)14-25-18-9-8-15(23-6)12-17(18)21-26-19(2,3)20(4,5)27-21/h8-9,12,16H,7,10-11,13-14H2,1-6H3. The number of hydrogen-bond acceptors (Lipinski definition) is 6. The maximum absolute atomic E-state index is 6.22. The molecular weight excluding hydrogens is 345 g/mol. The van der Waals surface area contributed by atoms with E-state index in [2.05, 4.69) is 11.8 Å². The molecule has 2 saturated heterocycles. The summed E-state index contributed by atoms with van der Waals surface area (Å²) in [5, 5.41) is 0. The fourth-order valence-corrected chi connectivity index (χ4v) is 3.29. The highest BCUT2D eigenvalue weighted by Gasteiger charge is 2.52. The van der Waals surface area contributed by atoms with Crippen molar-refractivity contribution in [2.75, 3.05) is 40.0 Å². The summed E-state index contributed by atoms with van der Waals surface area (Å²) in [7, 11) is 1.15. The highest BCUT2D eigenvalue weighted by atomic mass is 16.7. The van der Waals surface area contributed by atoms with E-state index in [1.165, 1.54) is 0 Å². The van der Waals surface area contributed by atoms with Crippen LogP contribution in [0.5, 0.6) is 11.5 Å². The van der Waals surface area contributed by atoms with Crippen LogP contribution in [-0.2, 0) is 14.0 Å². The average Bonchev–Trinajstić information content (AvgIpc) is 2.87. The van der Waals surface area contributed by atoms with Gasteiger partial charge >= 0.3 is 7.12 Å². The van der Waals surface area contributed by atoms with Crippen LogP contribution in [0.3, 0.4) is 0 Å². The molecule has 7 heteroatoms. The zero-order valence-electron chi connectivity index (χ0n) is 17.4. The minimum Gasteiger partial charge on any atom is -0.497 e. The van der Waals surface area contributed by atoms with Gasteiger partial charge in [0.15, 0.2) is 0 Å². The van der Waals surface area contributed by atoms with Gasteiger partial charge in [-0.3, -0.25) is 4.90 Å². The summed E-state index contributed by atoms with van der Waals surface area (Å²) in [5.41, 5.74) is 0.0225. The molecule has 0 aromatic heterocycles. The van der Waals surface area contributed by atoms with Gasteiger partial charge in [0.05, 0.1) is 24.9 Å². The molecule has 6 nitrogen and oxygen atoms in total. The largest absolute Gasteiger partial charge is 0.498 e. The van der Waals surface area contributed by atoms with Crippen molar-refractivity contribution in [3.05, 3.63) is 18.2 Å². The van der Waals surface area contributed by atoms with Crippen LogP contribution >= 0.6 is 0 Å². The van der Waals surface area contributed by atoms with E-state index < -0.39 is 18.3 Å². The van der Waals surface area contributed by atoms with E-state index in [9.17, 15) is 0 Å². The van der Waals surface area contributed by atoms with Gasteiger partial charge in [-0.25, -0.2) is 0 Å². The van der Waals surface area contributed by atoms with Crippen LogP contribution in [-0.4, -0.2) is 69.3 Å². The Balaban J connectivity index is 1.76. The van der Waals surface area contributed by atoms with Crippen molar-refractivity contribution in [1.29, 1.82) is 0 Å². The summed E-state index contributed by atoms with van der Waals surface area (Å²) in [4.78, 5) is 2.38. The van der Waals surface area contributed by atoms with Crippen molar-refractivity contribution in [3.8, 4) is 11.5 Å². The summed E-state index contributed by atoms with van der Waals surface area (Å²) in [6.45, 7) is 14.5. The van der Waals surface area contributed by atoms with Crippen molar-refractivity contribution in [1.82, 2.24) is 4.90 Å². The highest BCUT2D eigenvalue weighted by molar-refractivity contribution is 6.63. The maximum Gasteiger partial charge on any atom is 0.498 e. The molecule has 0 spiro atoms.